The van der Waals surface area contributed by atoms with Crippen LogP contribution in [0.25, 0.3) is 10.9 Å². The molecule has 1 heterocycles. The van der Waals surface area contributed by atoms with Crippen LogP contribution in [-0.2, 0) is 0 Å². The predicted molar refractivity (Wildman–Crippen MR) is 76.9 cm³/mol. The number of pyridine rings is 1. The van der Waals surface area contributed by atoms with Crippen molar-refractivity contribution in [1.29, 1.82) is 0 Å². The molecule has 0 aliphatic rings. The first-order chi connectivity index (χ1) is 8.74. The number of thioether (sulfide) groups is 1. The van der Waals surface area contributed by atoms with Gasteiger partial charge in [-0.05, 0) is 30.7 Å². The number of aromatic amines is 1. The second-order valence-electron chi connectivity index (χ2n) is 3.92. The molecule has 2 N–H and O–H groups in total. The summed E-state index contributed by atoms with van der Waals surface area (Å²) in [5.41, 5.74) is 0.423. The number of H-pyrrole nitrogens is 1. The highest BCUT2D eigenvalue weighted by molar-refractivity contribution is 7.99. The van der Waals surface area contributed by atoms with E-state index in [4.69, 9.17) is 11.6 Å². The minimum Gasteiger partial charge on any atom is -0.506 e. The molecule has 0 aliphatic heterocycles. The topological polar surface area (TPSA) is 53.1 Å². The number of aromatic hydroxyl groups is 1. The molecule has 0 saturated heterocycles. The van der Waals surface area contributed by atoms with Gasteiger partial charge in [-0.15, -0.1) is 23.4 Å². The summed E-state index contributed by atoms with van der Waals surface area (Å²) in [6.45, 7) is 0. The Hall–Kier alpha value is -1.13. The van der Waals surface area contributed by atoms with E-state index >= 15 is 0 Å². The van der Waals surface area contributed by atoms with E-state index in [2.05, 4.69) is 4.98 Å². The molecule has 0 bridgehead atoms. The molecule has 96 valence electrons. The Morgan fingerprint density at radius 3 is 2.83 bits per heavy atom. The number of halogens is 1. The van der Waals surface area contributed by atoms with Crippen LogP contribution in [-0.4, -0.2) is 21.7 Å². The van der Waals surface area contributed by atoms with Crippen LogP contribution in [0.3, 0.4) is 0 Å². The fourth-order valence-corrected chi connectivity index (χ4v) is 2.88. The minimum atomic E-state index is -0.234. The number of aromatic nitrogens is 1. The van der Waals surface area contributed by atoms with E-state index in [9.17, 15) is 9.90 Å². The van der Waals surface area contributed by atoms with E-state index < -0.39 is 0 Å². The summed E-state index contributed by atoms with van der Waals surface area (Å²) >= 11 is 6.97. The van der Waals surface area contributed by atoms with Gasteiger partial charge in [-0.2, -0.15) is 0 Å². The summed E-state index contributed by atoms with van der Waals surface area (Å²) in [7, 11) is 0. The smallest absolute Gasteiger partial charge is 0.265 e. The third kappa shape index (κ3) is 2.82. The maximum atomic E-state index is 11.9. The fraction of sp³-hybridized carbons (Fsp3) is 0.308. The number of benzene rings is 1. The van der Waals surface area contributed by atoms with E-state index in [1.807, 2.05) is 12.1 Å². The van der Waals surface area contributed by atoms with Gasteiger partial charge in [0.25, 0.3) is 5.56 Å². The average Bonchev–Trinajstić information content (AvgIpc) is 2.38. The first-order valence-corrected chi connectivity index (χ1v) is 7.29. The average molecular weight is 284 g/mol. The lowest BCUT2D eigenvalue weighted by Gasteiger charge is -2.06. The Labute approximate surface area is 114 Å². The number of unbranched alkanes of at least 4 members (excludes halogenated alkanes) is 1. The van der Waals surface area contributed by atoms with E-state index in [0.29, 0.717) is 21.7 Å². The van der Waals surface area contributed by atoms with Gasteiger partial charge in [0.15, 0.2) is 0 Å². The van der Waals surface area contributed by atoms with Crippen molar-refractivity contribution in [3.8, 4) is 5.75 Å². The molecule has 1 aromatic carbocycles. The van der Waals surface area contributed by atoms with Gasteiger partial charge in [0.2, 0.25) is 0 Å². The summed E-state index contributed by atoms with van der Waals surface area (Å²) in [6, 6.07) is 7.23. The van der Waals surface area contributed by atoms with E-state index in [0.717, 1.165) is 18.6 Å². The standard InChI is InChI=1S/C13H14ClNO2S/c14-7-3-4-8-18-12-11(16)9-5-1-2-6-10(9)15-13(12)17/h1-2,5-6H,3-4,7-8H2,(H2,15,16,17). The molecule has 0 saturated carbocycles. The van der Waals surface area contributed by atoms with E-state index in [-0.39, 0.29) is 11.3 Å². The van der Waals surface area contributed by atoms with Gasteiger partial charge in [0.1, 0.15) is 10.6 Å². The number of hydrogen-bond donors (Lipinski definition) is 2. The predicted octanol–water partition coefficient (Wildman–Crippen LogP) is 3.34. The van der Waals surface area contributed by atoms with E-state index in [1.54, 1.807) is 12.1 Å². The third-order valence-corrected chi connectivity index (χ3v) is 4.05. The molecular weight excluding hydrogens is 270 g/mol. The van der Waals surface area contributed by atoms with Crippen molar-refractivity contribution in [2.24, 2.45) is 0 Å². The molecule has 0 aliphatic carbocycles. The summed E-state index contributed by atoms with van der Waals surface area (Å²) < 4.78 is 0. The monoisotopic (exact) mass is 283 g/mol. The SMILES string of the molecule is O=c1[nH]c2ccccc2c(O)c1SCCCCCl. The Bertz CT molecular complexity index is 597. The van der Waals surface area contributed by atoms with Crippen molar-refractivity contribution in [3.05, 3.63) is 34.6 Å². The van der Waals surface area contributed by atoms with Crippen LogP contribution in [0, 0.1) is 0 Å². The fourth-order valence-electron chi connectivity index (χ4n) is 1.71. The normalized spacial score (nSPS) is 10.9. The van der Waals surface area contributed by atoms with Crippen molar-refractivity contribution >= 4 is 34.3 Å². The molecule has 0 spiro atoms. The molecular formula is C13H14ClNO2S. The Kier molecular flexibility index (Phi) is 4.55. The summed E-state index contributed by atoms with van der Waals surface area (Å²) in [6.07, 6.45) is 1.85. The number of alkyl halides is 1. The van der Waals surface area contributed by atoms with Crippen LogP contribution < -0.4 is 5.56 Å². The van der Waals surface area contributed by atoms with Crippen LogP contribution >= 0.6 is 23.4 Å². The summed E-state index contributed by atoms with van der Waals surface area (Å²) in [4.78, 5) is 15.0. The summed E-state index contributed by atoms with van der Waals surface area (Å²) in [5.74, 6) is 1.48. The molecule has 5 heteroatoms. The van der Waals surface area contributed by atoms with Crippen LogP contribution in [0.1, 0.15) is 12.8 Å². The Morgan fingerprint density at radius 2 is 2.06 bits per heavy atom. The van der Waals surface area contributed by atoms with Crippen LogP contribution in [0.5, 0.6) is 5.75 Å². The van der Waals surface area contributed by atoms with E-state index in [1.165, 1.54) is 11.8 Å². The van der Waals surface area contributed by atoms with Crippen LogP contribution in [0.15, 0.2) is 34.0 Å². The van der Waals surface area contributed by atoms with Crippen LogP contribution in [0.4, 0.5) is 0 Å². The maximum Gasteiger partial charge on any atom is 0.265 e. The molecule has 2 rings (SSSR count). The number of rotatable bonds is 5. The van der Waals surface area contributed by atoms with Crippen molar-refractivity contribution < 1.29 is 5.11 Å². The molecule has 0 amide bonds. The molecule has 0 atom stereocenters. The summed E-state index contributed by atoms with van der Waals surface area (Å²) in [5, 5.41) is 10.8. The number of fused-ring (bicyclic) bond motifs is 1. The van der Waals surface area contributed by atoms with Gasteiger partial charge >= 0.3 is 0 Å². The number of hydrogen-bond acceptors (Lipinski definition) is 3. The molecule has 0 fully saturated rings. The molecule has 18 heavy (non-hydrogen) atoms. The number of para-hydroxylation sites is 1. The van der Waals surface area contributed by atoms with Gasteiger partial charge in [0, 0.05) is 11.3 Å². The van der Waals surface area contributed by atoms with Gasteiger partial charge in [-0.1, -0.05) is 12.1 Å². The highest BCUT2D eigenvalue weighted by Gasteiger charge is 2.11. The van der Waals surface area contributed by atoms with Crippen molar-refractivity contribution in [2.45, 2.75) is 17.7 Å². The zero-order chi connectivity index (χ0) is 13.0. The second kappa shape index (κ2) is 6.16. The zero-order valence-electron chi connectivity index (χ0n) is 9.78. The molecule has 1 aromatic heterocycles. The van der Waals surface area contributed by atoms with Gasteiger partial charge in [-0.25, -0.2) is 0 Å². The Morgan fingerprint density at radius 1 is 1.28 bits per heavy atom. The molecule has 0 unspecified atom stereocenters. The first kappa shape index (κ1) is 13.3. The lowest BCUT2D eigenvalue weighted by atomic mass is 10.2. The lowest BCUT2D eigenvalue weighted by molar-refractivity contribution is 0.467. The minimum absolute atomic E-state index is 0.0743. The quantitative estimate of drug-likeness (QED) is 0.503. The van der Waals surface area contributed by atoms with Crippen molar-refractivity contribution in [3.63, 3.8) is 0 Å². The first-order valence-electron chi connectivity index (χ1n) is 5.77. The van der Waals surface area contributed by atoms with Gasteiger partial charge < -0.3 is 10.1 Å². The largest absolute Gasteiger partial charge is 0.506 e. The molecule has 3 nitrogen and oxygen atoms in total. The second-order valence-corrected chi connectivity index (χ2v) is 5.41. The van der Waals surface area contributed by atoms with Crippen molar-refractivity contribution in [1.82, 2.24) is 4.98 Å². The lowest BCUT2D eigenvalue weighted by Crippen LogP contribution is -2.08. The third-order valence-electron chi connectivity index (χ3n) is 2.63. The van der Waals surface area contributed by atoms with Crippen molar-refractivity contribution in [2.75, 3.05) is 11.6 Å². The highest BCUT2D eigenvalue weighted by Crippen LogP contribution is 2.31. The van der Waals surface area contributed by atoms with Gasteiger partial charge in [0.05, 0.1) is 5.52 Å². The zero-order valence-corrected chi connectivity index (χ0v) is 11.4. The molecule has 0 radical (unpaired) electrons. The Balaban J connectivity index is 2.30. The molecule has 2 aromatic rings. The maximum absolute atomic E-state index is 11.9. The van der Waals surface area contributed by atoms with Crippen LogP contribution in [0.2, 0.25) is 0 Å². The number of nitrogens with one attached hydrogen (secondary N) is 1. The highest BCUT2D eigenvalue weighted by atomic mass is 35.5. The van der Waals surface area contributed by atoms with Gasteiger partial charge in [-0.3, -0.25) is 4.79 Å².